The van der Waals surface area contributed by atoms with Crippen LogP contribution >= 0.6 is 0 Å². The van der Waals surface area contributed by atoms with E-state index in [9.17, 15) is 23.3 Å². The van der Waals surface area contributed by atoms with Crippen LogP contribution in [0.5, 0.6) is 17.2 Å². The number of hydrogen-bond acceptors (Lipinski definition) is 5. The van der Waals surface area contributed by atoms with Crippen molar-refractivity contribution in [2.75, 3.05) is 7.11 Å². The molecule has 0 fully saturated rings. The van der Waals surface area contributed by atoms with Crippen molar-refractivity contribution in [2.45, 2.75) is 6.18 Å². The van der Waals surface area contributed by atoms with Gasteiger partial charge in [0.05, 0.1) is 23.7 Å². The second-order valence-corrected chi connectivity index (χ2v) is 4.51. The van der Waals surface area contributed by atoms with E-state index in [0.717, 1.165) is 12.1 Å². The van der Waals surface area contributed by atoms with Gasteiger partial charge in [-0.25, -0.2) is 0 Å². The van der Waals surface area contributed by atoms with Crippen LogP contribution in [0.2, 0.25) is 0 Å². The average Bonchev–Trinajstić information content (AvgIpc) is 2.54. The van der Waals surface area contributed by atoms with E-state index in [1.807, 2.05) is 6.07 Å². The summed E-state index contributed by atoms with van der Waals surface area (Å²) >= 11 is 0. The third-order valence-electron chi connectivity index (χ3n) is 2.99. The molecular weight excluding hydrogens is 329 g/mol. The molecule has 0 unspecified atom stereocenters. The third-order valence-corrected chi connectivity index (χ3v) is 2.99. The molecule has 0 aliphatic rings. The SMILES string of the molecule is COc1cc(C#N)ccc1Oc1ccc([N+](=O)[O-])cc1C(F)(F)F. The van der Waals surface area contributed by atoms with Gasteiger partial charge in [0.15, 0.2) is 11.5 Å². The van der Waals surface area contributed by atoms with Gasteiger partial charge >= 0.3 is 6.18 Å². The molecule has 0 heterocycles. The molecule has 0 spiro atoms. The molecule has 6 nitrogen and oxygen atoms in total. The Morgan fingerprint density at radius 2 is 1.79 bits per heavy atom. The summed E-state index contributed by atoms with van der Waals surface area (Å²) < 4.78 is 49.6. The van der Waals surface area contributed by atoms with Crippen LogP contribution in [0.25, 0.3) is 0 Å². The van der Waals surface area contributed by atoms with Gasteiger partial charge in [0.1, 0.15) is 11.3 Å². The average molecular weight is 338 g/mol. The van der Waals surface area contributed by atoms with E-state index in [-0.39, 0.29) is 17.1 Å². The number of hydrogen-bond donors (Lipinski definition) is 0. The van der Waals surface area contributed by atoms with Crippen molar-refractivity contribution in [3.05, 3.63) is 57.6 Å². The molecule has 2 rings (SSSR count). The lowest BCUT2D eigenvalue weighted by atomic mass is 10.1. The maximum atomic E-state index is 13.1. The summed E-state index contributed by atoms with van der Waals surface area (Å²) in [5.41, 5.74) is -1.76. The summed E-state index contributed by atoms with van der Waals surface area (Å²) in [6, 6.07) is 7.94. The molecule has 0 aliphatic carbocycles. The van der Waals surface area contributed by atoms with Crippen LogP contribution in [-0.2, 0) is 6.18 Å². The van der Waals surface area contributed by atoms with Crippen molar-refractivity contribution in [1.82, 2.24) is 0 Å². The lowest BCUT2D eigenvalue weighted by Gasteiger charge is -2.15. The van der Waals surface area contributed by atoms with Crippen molar-refractivity contribution >= 4 is 5.69 Å². The standard InChI is InChI=1S/C15H9F3N2O4/c1-23-14-6-9(8-19)2-4-13(14)24-12-5-3-10(20(21)22)7-11(12)15(16,17)18/h2-7H,1H3. The van der Waals surface area contributed by atoms with Crippen molar-refractivity contribution < 1.29 is 27.6 Å². The summed E-state index contributed by atoms with van der Waals surface area (Å²) in [5.74, 6) is -0.618. The van der Waals surface area contributed by atoms with Crippen LogP contribution < -0.4 is 9.47 Å². The van der Waals surface area contributed by atoms with Crippen molar-refractivity contribution in [2.24, 2.45) is 0 Å². The number of benzene rings is 2. The van der Waals surface area contributed by atoms with Gasteiger partial charge in [-0.2, -0.15) is 18.4 Å². The highest BCUT2D eigenvalue weighted by molar-refractivity contribution is 5.51. The number of nitro groups is 1. The molecule has 0 aromatic heterocycles. The highest BCUT2D eigenvalue weighted by Crippen LogP contribution is 2.41. The van der Waals surface area contributed by atoms with E-state index < -0.39 is 28.1 Å². The van der Waals surface area contributed by atoms with E-state index in [1.165, 1.54) is 25.3 Å². The molecule has 0 atom stereocenters. The first-order valence-corrected chi connectivity index (χ1v) is 6.38. The fourth-order valence-electron chi connectivity index (χ4n) is 1.88. The van der Waals surface area contributed by atoms with E-state index >= 15 is 0 Å². The minimum atomic E-state index is -4.85. The molecule has 9 heteroatoms. The molecule has 24 heavy (non-hydrogen) atoms. The summed E-state index contributed by atoms with van der Waals surface area (Å²) in [5, 5.41) is 19.5. The molecule has 2 aromatic carbocycles. The first-order chi connectivity index (χ1) is 11.3. The fourth-order valence-corrected chi connectivity index (χ4v) is 1.88. The number of alkyl halides is 3. The summed E-state index contributed by atoms with van der Waals surface area (Å²) in [6.07, 6.45) is -4.85. The number of nitriles is 1. The number of rotatable bonds is 4. The number of ether oxygens (including phenoxy) is 2. The van der Waals surface area contributed by atoms with Gasteiger partial charge in [0.2, 0.25) is 0 Å². The van der Waals surface area contributed by atoms with Gasteiger partial charge in [0.25, 0.3) is 5.69 Å². The lowest BCUT2D eigenvalue weighted by molar-refractivity contribution is -0.385. The highest BCUT2D eigenvalue weighted by atomic mass is 19.4. The van der Waals surface area contributed by atoms with E-state index in [4.69, 9.17) is 14.7 Å². The smallest absolute Gasteiger partial charge is 0.420 e. The molecule has 0 saturated heterocycles. The van der Waals surface area contributed by atoms with Crippen molar-refractivity contribution in [3.63, 3.8) is 0 Å². The summed E-state index contributed by atoms with van der Waals surface area (Å²) in [6.45, 7) is 0. The van der Waals surface area contributed by atoms with E-state index in [0.29, 0.717) is 6.07 Å². The van der Waals surface area contributed by atoms with Crippen LogP contribution in [0.4, 0.5) is 18.9 Å². The topological polar surface area (TPSA) is 85.4 Å². The first kappa shape index (κ1) is 17.1. The Hall–Kier alpha value is -3.28. The van der Waals surface area contributed by atoms with Gasteiger partial charge < -0.3 is 9.47 Å². The van der Waals surface area contributed by atoms with Crippen LogP contribution in [0.15, 0.2) is 36.4 Å². The van der Waals surface area contributed by atoms with Crippen LogP contribution in [0, 0.1) is 21.4 Å². The predicted molar refractivity (Wildman–Crippen MR) is 75.9 cm³/mol. The van der Waals surface area contributed by atoms with Gasteiger partial charge in [-0.1, -0.05) is 0 Å². The van der Waals surface area contributed by atoms with Crippen LogP contribution in [0.3, 0.4) is 0 Å². The zero-order valence-electron chi connectivity index (χ0n) is 12.1. The number of nitro benzene ring substituents is 1. The number of nitrogens with zero attached hydrogens (tertiary/aromatic N) is 2. The third kappa shape index (κ3) is 3.55. The second-order valence-electron chi connectivity index (χ2n) is 4.51. The van der Waals surface area contributed by atoms with Gasteiger partial charge in [-0.05, 0) is 18.2 Å². The lowest BCUT2D eigenvalue weighted by Crippen LogP contribution is -2.08. The molecular formula is C15H9F3N2O4. The molecule has 0 aliphatic heterocycles. The Balaban J connectivity index is 2.50. The zero-order valence-corrected chi connectivity index (χ0v) is 12.1. The number of non-ortho nitro benzene ring substituents is 1. The Bertz CT molecular complexity index is 828. The van der Waals surface area contributed by atoms with E-state index in [1.54, 1.807) is 0 Å². The van der Waals surface area contributed by atoms with Crippen molar-refractivity contribution in [3.8, 4) is 23.3 Å². The molecule has 0 amide bonds. The minimum absolute atomic E-state index is 0.0560. The fraction of sp³-hybridized carbons (Fsp3) is 0.133. The van der Waals surface area contributed by atoms with Crippen molar-refractivity contribution in [1.29, 1.82) is 5.26 Å². The minimum Gasteiger partial charge on any atom is -0.493 e. The van der Waals surface area contributed by atoms with Gasteiger partial charge in [-0.15, -0.1) is 0 Å². The quantitative estimate of drug-likeness (QED) is 0.613. The molecule has 0 saturated carbocycles. The highest BCUT2D eigenvalue weighted by Gasteiger charge is 2.36. The molecule has 2 aromatic rings. The Kier molecular flexibility index (Phi) is 4.59. The maximum absolute atomic E-state index is 13.1. The number of methoxy groups -OCH3 is 1. The molecule has 0 bridgehead atoms. The van der Waals surface area contributed by atoms with Gasteiger partial charge in [0, 0.05) is 18.2 Å². The van der Waals surface area contributed by atoms with E-state index in [2.05, 4.69) is 0 Å². The Labute approximate surface area is 133 Å². The Morgan fingerprint density at radius 1 is 1.12 bits per heavy atom. The first-order valence-electron chi connectivity index (χ1n) is 6.38. The van der Waals surface area contributed by atoms with Crippen LogP contribution in [-0.4, -0.2) is 12.0 Å². The summed E-state index contributed by atoms with van der Waals surface area (Å²) in [4.78, 5) is 9.74. The second kappa shape index (κ2) is 6.45. The number of halogens is 3. The largest absolute Gasteiger partial charge is 0.493 e. The van der Waals surface area contributed by atoms with Crippen LogP contribution in [0.1, 0.15) is 11.1 Å². The molecule has 0 N–H and O–H groups in total. The maximum Gasteiger partial charge on any atom is 0.420 e. The predicted octanol–water partition coefficient (Wildman–Crippen LogP) is 4.29. The molecule has 124 valence electrons. The monoisotopic (exact) mass is 338 g/mol. The normalized spacial score (nSPS) is 10.8. The Morgan fingerprint density at radius 3 is 2.33 bits per heavy atom. The molecule has 0 radical (unpaired) electrons. The zero-order chi connectivity index (χ0) is 17.9. The van der Waals surface area contributed by atoms with Gasteiger partial charge in [-0.3, -0.25) is 10.1 Å². The summed E-state index contributed by atoms with van der Waals surface area (Å²) in [7, 11) is 1.27.